The summed E-state index contributed by atoms with van der Waals surface area (Å²) in [6.07, 6.45) is -1.05. The van der Waals surface area contributed by atoms with Gasteiger partial charge in [-0.1, -0.05) is 19.4 Å². The van der Waals surface area contributed by atoms with E-state index in [1.165, 1.54) is 0 Å². The van der Waals surface area contributed by atoms with Gasteiger partial charge < -0.3 is 4.74 Å². The minimum Gasteiger partial charge on any atom is -0.444 e. The summed E-state index contributed by atoms with van der Waals surface area (Å²) in [5.74, 6) is 0. The third-order valence-corrected chi connectivity index (χ3v) is 3.86. The van der Waals surface area contributed by atoms with Crippen LogP contribution >= 0.6 is 26.2 Å². The highest BCUT2D eigenvalue weighted by atomic mass is 79.9. The lowest BCUT2D eigenvalue weighted by molar-refractivity contribution is 0.0635. The SMILES string of the molecule is CC(C)(C)OC(=O)Nc1cc(S(F)(F)(F)(F)F)ccc1Br. The number of nitrogens with one attached hydrogen (secondary N) is 1. The van der Waals surface area contributed by atoms with Gasteiger partial charge in [-0.3, -0.25) is 5.32 Å². The summed E-state index contributed by atoms with van der Waals surface area (Å²) >= 11 is 2.87. The van der Waals surface area contributed by atoms with Crippen molar-refractivity contribution in [2.24, 2.45) is 0 Å². The summed E-state index contributed by atoms with van der Waals surface area (Å²) in [7, 11) is -9.81. The quantitative estimate of drug-likeness (QED) is 0.581. The first-order valence-corrected chi connectivity index (χ1v) is 8.26. The highest BCUT2D eigenvalue weighted by Crippen LogP contribution is 3.02. The highest BCUT2D eigenvalue weighted by Gasteiger charge is 2.65. The van der Waals surface area contributed by atoms with Gasteiger partial charge in [-0.2, -0.15) is 0 Å². The van der Waals surface area contributed by atoms with Crippen molar-refractivity contribution < 1.29 is 29.0 Å². The fraction of sp³-hybridized carbons (Fsp3) is 0.364. The van der Waals surface area contributed by atoms with E-state index in [-0.39, 0.29) is 16.6 Å². The number of rotatable bonds is 2. The van der Waals surface area contributed by atoms with E-state index in [2.05, 4.69) is 15.9 Å². The van der Waals surface area contributed by atoms with Gasteiger partial charge in [0.15, 0.2) is 0 Å². The molecule has 0 aromatic heterocycles. The summed E-state index contributed by atoms with van der Waals surface area (Å²) in [5.41, 5.74) is -1.34. The van der Waals surface area contributed by atoms with Crippen LogP contribution in [0.2, 0.25) is 0 Å². The molecule has 1 rings (SSSR count). The molecule has 1 N–H and O–H groups in total. The zero-order valence-corrected chi connectivity index (χ0v) is 13.6. The summed E-state index contributed by atoms with van der Waals surface area (Å²) in [4.78, 5) is 9.39. The minimum absolute atomic E-state index is 0.0129. The third-order valence-electron chi connectivity index (χ3n) is 2.02. The molecule has 0 bridgehead atoms. The molecule has 1 aromatic rings. The second kappa shape index (κ2) is 4.48. The first-order chi connectivity index (χ1) is 8.98. The average molecular weight is 398 g/mol. The van der Waals surface area contributed by atoms with Crippen molar-refractivity contribution in [3.63, 3.8) is 0 Å². The van der Waals surface area contributed by atoms with E-state index < -0.39 is 32.5 Å². The fourth-order valence-electron chi connectivity index (χ4n) is 1.25. The average Bonchev–Trinajstić information content (AvgIpc) is 2.14. The Hall–Kier alpha value is -1.03. The van der Waals surface area contributed by atoms with Crippen molar-refractivity contribution in [3.8, 4) is 0 Å². The first kappa shape index (κ1) is 18.0. The van der Waals surface area contributed by atoms with Crippen molar-refractivity contribution in [2.45, 2.75) is 31.3 Å². The van der Waals surface area contributed by atoms with Crippen molar-refractivity contribution in [1.82, 2.24) is 0 Å². The van der Waals surface area contributed by atoms with Gasteiger partial charge in [-0.25, -0.2) is 4.79 Å². The van der Waals surface area contributed by atoms with Crippen LogP contribution in [0, 0.1) is 0 Å². The van der Waals surface area contributed by atoms with Gasteiger partial charge in [0.05, 0.1) is 5.69 Å². The lowest BCUT2D eigenvalue weighted by atomic mass is 10.2. The molecule has 0 radical (unpaired) electrons. The largest absolute Gasteiger partial charge is 0.444 e. The van der Waals surface area contributed by atoms with E-state index in [4.69, 9.17) is 4.74 Å². The molecule has 122 valence electrons. The van der Waals surface area contributed by atoms with Gasteiger partial charge in [-0.05, 0) is 54.9 Å². The molecule has 0 saturated heterocycles. The summed E-state index contributed by atoms with van der Waals surface area (Å²) in [6.45, 7) is 4.65. The van der Waals surface area contributed by atoms with Crippen LogP contribution in [0.25, 0.3) is 0 Å². The molecule has 10 heteroatoms. The van der Waals surface area contributed by atoms with Crippen LogP contribution in [-0.4, -0.2) is 11.7 Å². The molecule has 3 nitrogen and oxygen atoms in total. The van der Waals surface area contributed by atoms with Gasteiger partial charge in [-0.15, -0.1) is 0 Å². The number of benzene rings is 1. The lowest BCUT2D eigenvalue weighted by Gasteiger charge is -2.40. The van der Waals surface area contributed by atoms with E-state index in [9.17, 15) is 24.2 Å². The second-order valence-electron chi connectivity index (χ2n) is 5.24. The maximum atomic E-state index is 12.7. The number of anilines is 1. The van der Waals surface area contributed by atoms with E-state index >= 15 is 0 Å². The van der Waals surface area contributed by atoms with E-state index in [0.717, 1.165) is 6.07 Å². The van der Waals surface area contributed by atoms with Crippen LogP contribution in [0.1, 0.15) is 20.8 Å². The Morgan fingerprint density at radius 2 is 1.71 bits per heavy atom. The van der Waals surface area contributed by atoms with E-state index in [0.29, 0.717) is 0 Å². The fourth-order valence-corrected chi connectivity index (χ4v) is 2.27. The van der Waals surface area contributed by atoms with Crippen LogP contribution < -0.4 is 5.32 Å². The number of ether oxygens (including phenoxy) is 1. The van der Waals surface area contributed by atoms with Gasteiger partial charge in [0.25, 0.3) is 0 Å². The summed E-state index contributed by atoms with van der Waals surface area (Å²) < 4.78 is 68.4. The van der Waals surface area contributed by atoms with Crippen molar-refractivity contribution in [1.29, 1.82) is 0 Å². The van der Waals surface area contributed by atoms with Gasteiger partial charge in [0.2, 0.25) is 0 Å². The maximum Gasteiger partial charge on any atom is 0.412 e. The smallest absolute Gasteiger partial charge is 0.412 e. The number of halogens is 6. The van der Waals surface area contributed by atoms with Crippen LogP contribution in [-0.2, 0) is 4.74 Å². The molecule has 0 heterocycles. The molecular formula is C11H13BrF5NO2S. The van der Waals surface area contributed by atoms with Gasteiger partial charge in [0.1, 0.15) is 10.5 Å². The van der Waals surface area contributed by atoms with Crippen molar-refractivity contribution in [2.75, 3.05) is 5.32 Å². The number of hydrogen-bond donors (Lipinski definition) is 1. The molecule has 0 unspecified atom stereocenters. The Balaban J connectivity index is 3.14. The molecule has 21 heavy (non-hydrogen) atoms. The van der Waals surface area contributed by atoms with E-state index in [1.807, 2.05) is 5.32 Å². The number of hydrogen-bond acceptors (Lipinski definition) is 2. The topological polar surface area (TPSA) is 38.3 Å². The molecule has 0 aliphatic heterocycles. The minimum atomic E-state index is -9.81. The Kier molecular flexibility index (Phi) is 3.85. The molecule has 0 fully saturated rings. The summed E-state index contributed by atoms with van der Waals surface area (Å²) in [6, 6.07) is 1.18. The van der Waals surface area contributed by atoms with Crippen molar-refractivity contribution >= 4 is 37.9 Å². The van der Waals surface area contributed by atoms with Crippen LogP contribution in [0.15, 0.2) is 27.6 Å². The molecule has 1 aromatic carbocycles. The molecule has 0 spiro atoms. The van der Waals surface area contributed by atoms with Crippen molar-refractivity contribution in [3.05, 3.63) is 22.7 Å². The van der Waals surface area contributed by atoms with Crippen LogP contribution in [0.3, 0.4) is 0 Å². The van der Waals surface area contributed by atoms with Gasteiger partial charge >= 0.3 is 16.3 Å². The monoisotopic (exact) mass is 397 g/mol. The highest BCUT2D eigenvalue weighted by molar-refractivity contribution is 9.10. The number of carbonyl (C=O) groups excluding carboxylic acids is 1. The van der Waals surface area contributed by atoms with E-state index in [1.54, 1.807) is 20.8 Å². The standard InChI is InChI=1S/C11H13BrF5NO2S/c1-11(2,3)20-10(19)18-9-6-7(4-5-8(9)12)21(13,14,15,16)17/h4-6H,1-3H3,(H,18,19). The van der Waals surface area contributed by atoms with Gasteiger partial charge in [0, 0.05) is 4.47 Å². The predicted molar refractivity (Wildman–Crippen MR) is 75.4 cm³/mol. The Labute approximate surface area is 126 Å². The van der Waals surface area contributed by atoms with Crippen LogP contribution in [0.5, 0.6) is 0 Å². The number of amides is 1. The maximum absolute atomic E-state index is 12.7. The second-order valence-corrected chi connectivity index (χ2v) is 8.50. The summed E-state index contributed by atoms with van der Waals surface area (Å²) in [5, 5.41) is 1.99. The zero-order valence-electron chi connectivity index (χ0n) is 11.2. The number of carbonyl (C=O) groups is 1. The molecule has 0 aliphatic rings. The first-order valence-electron chi connectivity index (χ1n) is 5.52. The molecule has 0 aliphatic carbocycles. The lowest BCUT2D eigenvalue weighted by Crippen LogP contribution is -2.27. The Morgan fingerprint density at radius 1 is 1.19 bits per heavy atom. The van der Waals surface area contributed by atoms with Crippen LogP contribution in [0.4, 0.5) is 29.9 Å². The normalized spacial score (nSPS) is 15.9. The zero-order chi connectivity index (χ0) is 16.8. The Bertz CT molecular complexity index is 582. The Morgan fingerprint density at radius 3 is 2.14 bits per heavy atom. The molecule has 0 saturated carbocycles. The predicted octanol–water partition coefficient (Wildman–Crippen LogP) is 6.45. The molecule has 0 atom stereocenters. The molecular weight excluding hydrogens is 385 g/mol. The molecule has 1 amide bonds. The third kappa shape index (κ3) is 5.70.